The van der Waals surface area contributed by atoms with E-state index < -0.39 is 22.5 Å². The van der Waals surface area contributed by atoms with Crippen LogP contribution in [0.4, 0.5) is 5.69 Å². The molecule has 2 aromatic rings. The number of esters is 1. The third kappa shape index (κ3) is 4.33. The summed E-state index contributed by atoms with van der Waals surface area (Å²) in [7, 11) is -2.69. The van der Waals surface area contributed by atoms with Crippen molar-refractivity contribution in [2.45, 2.75) is 4.90 Å². The minimum atomic E-state index is -3.90. The number of carbonyl (C=O) groups is 1. The number of ether oxygens (including phenoxy) is 1. The molecule has 0 aromatic heterocycles. The van der Waals surface area contributed by atoms with Crippen LogP contribution in [0.25, 0.3) is 0 Å². The first-order chi connectivity index (χ1) is 10.8. The van der Waals surface area contributed by atoms with Gasteiger partial charge in [-0.15, -0.1) is 0 Å². The van der Waals surface area contributed by atoms with Crippen LogP contribution in [0.1, 0.15) is 0 Å². The second-order valence-electron chi connectivity index (χ2n) is 4.52. The number of halogens is 2. The monoisotopic (exact) mass is 461 g/mol. The van der Waals surface area contributed by atoms with E-state index >= 15 is 0 Å². The van der Waals surface area contributed by atoms with Gasteiger partial charge in [0, 0.05) is 8.95 Å². The van der Waals surface area contributed by atoms with Crippen molar-refractivity contribution in [1.82, 2.24) is 0 Å². The molecular weight excluding hydrogens is 450 g/mol. The number of methoxy groups -OCH3 is 1. The lowest BCUT2D eigenvalue weighted by Gasteiger charge is -2.23. The predicted molar refractivity (Wildman–Crippen MR) is 94.8 cm³/mol. The maximum atomic E-state index is 12.9. The van der Waals surface area contributed by atoms with E-state index in [4.69, 9.17) is 0 Å². The van der Waals surface area contributed by atoms with E-state index in [2.05, 4.69) is 36.6 Å². The maximum absolute atomic E-state index is 12.9. The van der Waals surface area contributed by atoms with Crippen LogP contribution in [0, 0.1) is 0 Å². The van der Waals surface area contributed by atoms with E-state index in [1.807, 2.05) is 0 Å². The summed E-state index contributed by atoms with van der Waals surface area (Å²) in [4.78, 5) is 11.8. The number of hydrogen-bond donors (Lipinski definition) is 0. The van der Waals surface area contributed by atoms with Gasteiger partial charge in [-0.25, -0.2) is 8.42 Å². The summed E-state index contributed by atoms with van der Waals surface area (Å²) in [5, 5.41) is 0. The summed E-state index contributed by atoms with van der Waals surface area (Å²) in [6.45, 7) is -0.411. The Morgan fingerprint density at radius 1 is 1.09 bits per heavy atom. The van der Waals surface area contributed by atoms with Gasteiger partial charge in [-0.3, -0.25) is 9.10 Å². The number of nitrogens with zero attached hydrogens (tertiary/aromatic N) is 1. The highest BCUT2D eigenvalue weighted by Gasteiger charge is 2.27. The molecule has 0 saturated heterocycles. The predicted octanol–water partition coefficient (Wildman–Crippen LogP) is 3.58. The fraction of sp³-hybridized carbons (Fsp3) is 0.133. The average molecular weight is 463 g/mol. The number of hydrogen-bond acceptors (Lipinski definition) is 4. The molecule has 0 aliphatic rings. The lowest BCUT2D eigenvalue weighted by atomic mass is 10.3. The maximum Gasteiger partial charge on any atom is 0.326 e. The lowest BCUT2D eigenvalue weighted by molar-refractivity contribution is -0.138. The van der Waals surface area contributed by atoms with E-state index in [1.54, 1.807) is 36.4 Å². The zero-order valence-electron chi connectivity index (χ0n) is 12.1. The largest absolute Gasteiger partial charge is 0.468 e. The molecule has 0 saturated carbocycles. The lowest BCUT2D eigenvalue weighted by Crippen LogP contribution is -2.36. The van der Waals surface area contributed by atoms with Crippen molar-refractivity contribution in [2.24, 2.45) is 0 Å². The second-order valence-corrected chi connectivity index (χ2v) is 8.22. The summed E-state index contributed by atoms with van der Waals surface area (Å²) in [6.07, 6.45) is 0. The Bertz CT molecular complexity index is 806. The van der Waals surface area contributed by atoms with Gasteiger partial charge in [-0.2, -0.15) is 0 Å². The van der Waals surface area contributed by atoms with Crippen molar-refractivity contribution < 1.29 is 17.9 Å². The molecule has 0 spiro atoms. The highest BCUT2D eigenvalue weighted by atomic mass is 79.9. The fourth-order valence-corrected chi connectivity index (χ4v) is 3.91. The normalized spacial score (nSPS) is 11.1. The van der Waals surface area contributed by atoms with E-state index in [0.717, 1.165) is 8.78 Å². The molecule has 0 N–H and O–H groups in total. The summed E-state index contributed by atoms with van der Waals surface area (Å²) < 4.78 is 32.9. The Balaban J connectivity index is 2.51. The summed E-state index contributed by atoms with van der Waals surface area (Å²) in [5.41, 5.74) is 0.368. The molecule has 0 atom stereocenters. The molecule has 0 heterocycles. The molecule has 8 heteroatoms. The molecule has 5 nitrogen and oxygen atoms in total. The van der Waals surface area contributed by atoms with E-state index in [1.165, 1.54) is 19.2 Å². The van der Waals surface area contributed by atoms with Gasteiger partial charge in [0.15, 0.2) is 0 Å². The number of benzene rings is 2. The first-order valence-corrected chi connectivity index (χ1v) is 9.48. The van der Waals surface area contributed by atoms with Gasteiger partial charge in [0.2, 0.25) is 0 Å². The van der Waals surface area contributed by atoms with Crippen molar-refractivity contribution in [2.75, 3.05) is 18.0 Å². The number of anilines is 1. The molecule has 0 aliphatic heterocycles. The molecular formula is C15H13Br2NO4S. The number of carbonyl (C=O) groups excluding carboxylic acids is 1. The SMILES string of the molecule is COC(=O)CN(c1cccc(Br)c1)S(=O)(=O)c1ccc(Br)cc1. The topological polar surface area (TPSA) is 63.7 Å². The first-order valence-electron chi connectivity index (χ1n) is 6.45. The molecule has 2 rings (SSSR count). The van der Waals surface area contributed by atoms with Crippen molar-refractivity contribution in [3.8, 4) is 0 Å². The molecule has 2 aromatic carbocycles. The van der Waals surface area contributed by atoms with Gasteiger partial charge < -0.3 is 4.74 Å². The minimum absolute atomic E-state index is 0.0876. The van der Waals surface area contributed by atoms with Gasteiger partial charge in [-0.1, -0.05) is 37.9 Å². The Kier molecular flexibility index (Phi) is 5.83. The molecule has 0 fully saturated rings. The average Bonchev–Trinajstić information content (AvgIpc) is 2.52. The Morgan fingerprint density at radius 3 is 2.30 bits per heavy atom. The van der Waals surface area contributed by atoms with Crippen LogP contribution >= 0.6 is 31.9 Å². The van der Waals surface area contributed by atoms with Gasteiger partial charge >= 0.3 is 5.97 Å². The molecule has 23 heavy (non-hydrogen) atoms. The van der Waals surface area contributed by atoms with Gasteiger partial charge in [-0.05, 0) is 42.5 Å². The van der Waals surface area contributed by atoms with Crippen LogP contribution in [0.2, 0.25) is 0 Å². The molecule has 0 radical (unpaired) electrons. The summed E-state index contributed by atoms with van der Waals surface area (Å²) >= 11 is 6.57. The zero-order chi connectivity index (χ0) is 17.0. The summed E-state index contributed by atoms with van der Waals surface area (Å²) in [5.74, 6) is -0.648. The van der Waals surface area contributed by atoms with Gasteiger partial charge in [0.05, 0.1) is 17.7 Å². The highest BCUT2D eigenvalue weighted by molar-refractivity contribution is 9.10. The zero-order valence-corrected chi connectivity index (χ0v) is 16.1. The van der Waals surface area contributed by atoms with Crippen LogP contribution in [0.3, 0.4) is 0 Å². The van der Waals surface area contributed by atoms with Gasteiger partial charge in [0.25, 0.3) is 10.0 Å². The van der Waals surface area contributed by atoms with Gasteiger partial charge in [0.1, 0.15) is 6.54 Å². The van der Waals surface area contributed by atoms with Crippen molar-refractivity contribution in [3.05, 3.63) is 57.5 Å². The molecule has 0 bridgehead atoms. The Labute approximate surface area is 151 Å². The first kappa shape index (κ1) is 18.0. The third-order valence-electron chi connectivity index (χ3n) is 3.00. The Morgan fingerprint density at radius 2 is 1.74 bits per heavy atom. The second kappa shape index (κ2) is 7.46. The smallest absolute Gasteiger partial charge is 0.326 e. The van der Waals surface area contributed by atoms with Crippen molar-refractivity contribution in [3.63, 3.8) is 0 Å². The van der Waals surface area contributed by atoms with Crippen molar-refractivity contribution in [1.29, 1.82) is 0 Å². The number of sulfonamides is 1. The minimum Gasteiger partial charge on any atom is -0.468 e. The molecule has 0 aliphatic carbocycles. The quantitative estimate of drug-likeness (QED) is 0.637. The van der Waals surface area contributed by atoms with Crippen LogP contribution in [0.5, 0.6) is 0 Å². The fourth-order valence-electron chi connectivity index (χ4n) is 1.86. The molecule has 0 unspecified atom stereocenters. The van der Waals surface area contributed by atoms with E-state index in [0.29, 0.717) is 10.2 Å². The standard InChI is InChI=1S/C15H13Br2NO4S/c1-22-15(19)10-18(13-4-2-3-12(17)9-13)23(20,21)14-7-5-11(16)6-8-14/h2-9H,10H2,1H3. The number of rotatable bonds is 5. The van der Waals surface area contributed by atoms with Crippen molar-refractivity contribution >= 4 is 53.5 Å². The highest BCUT2D eigenvalue weighted by Crippen LogP contribution is 2.27. The van der Waals surface area contributed by atoms with Crippen LogP contribution in [-0.4, -0.2) is 28.0 Å². The molecule has 0 amide bonds. The third-order valence-corrected chi connectivity index (χ3v) is 5.81. The Hall–Kier alpha value is -1.38. The summed E-state index contributed by atoms with van der Waals surface area (Å²) in [6, 6.07) is 12.9. The van der Waals surface area contributed by atoms with E-state index in [9.17, 15) is 13.2 Å². The van der Waals surface area contributed by atoms with Crippen LogP contribution in [0.15, 0.2) is 62.4 Å². The van der Waals surface area contributed by atoms with Crippen LogP contribution in [-0.2, 0) is 19.6 Å². The molecule has 122 valence electrons. The van der Waals surface area contributed by atoms with Crippen LogP contribution < -0.4 is 4.31 Å². The van der Waals surface area contributed by atoms with E-state index in [-0.39, 0.29) is 4.90 Å².